The molecular weight excluding hydrogens is 214 g/mol. The lowest BCUT2D eigenvalue weighted by Crippen LogP contribution is -2.18. The summed E-state index contributed by atoms with van der Waals surface area (Å²) in [5.74, 6) is -1.05. The molecule has 0 heterocycles. The highest BCUT2D eigenvalue weighted by atomic mass is 16.4. The largest absolute Gasteiger partial charge is 0.481 e. The van der Waals surface area contributed by atoms with Crippen LogP contribution in [0.2, 0.25) is 0 Å². The van der Waals surface area contributed by atoms with E-state index in [9.17, 15) is 4.79 Å². The smallest absolute Gasteiger partial charge is 0.306 e. The highest BCUT2D eigenvalue weighted by Crippen LogP contribution is 2.16. The van der Waals surface area contributed by atoms with Crippen LogP contribution in [0.25, 0.3) is 0 Å². The summed E-state index contributed by atoms with van der Waals surface area (Å²) in [6.07, 6.45) is 2.02. The average molecular weight is 235 g/mol. The molecule has 0 aliphatic carbocycles. The first kappa shape index (κ1) is 13.7. The minimum absolute atomic E-state index is 0.319. The quantitative estimate of drug-likeness (QED) is 0.795. The standard InChI is InChI=1S/C14H21NO2/c1-10-7-11(2)9-12(8-10)3-4-13(5-6-15)14(16)17/h7-9,13H,3-6,15H2,1-2H3,(H,16,17). The van der Waals surface area contributed by atoms with E-state index >= 15 is 0 Å². The third-order valence-electron chi connectivity index (χ3n) is 2.93. The Morgan fingerprint density at radius 3 is 2.29 bits per heavy atom. The molecule has 0 saturated heterocycles. The van der Waals surface area contributed by atoms with Gasteiger partial charge in [-0.15, -0.1) is 0 Å². The molecule has 3 nitrogen and oxygen atoms in total. The van der Waals surface area contributed by atoms with Crippen LogP contribution in [0.15, 0.2) is 18.2 Å². The molecule has 0 fully saturated rings. The molecule has 0 aliphatic rings. The van der Waals surface area contributed by atoms with Crippen LogP contribution in [-0.2, 0) is 11.2 Å². The van der Waals surface area contributed by atoms with Gasteiger partial charge in [0.05, 0.1) is 5.92 Å². The molecule has 0 saturated carbocycles. The first-order valence-electron chi connectivity index (χ1n) is 6.03. The van der Waals surface area contributed by atoms with Gasteiger partial charge in [0.25, 0.3) is 0 Å². The second kappa shape index (κ2) is 6.40. The van der Waals surface area contributed by atoms with Crippen molar-refractivity contribution in [2.45, 2.75) is 33.1 Å². The molecule has 0 spiro atoms. The van der Waals surface area contributed by atoms with E-state index in [0.717, 1.165) is 6.42 Å². The molecule has 0 bridgehead atoms. The summed E-state index contributed by atoms with van der Waals surface area (Å²) >= 11 is 0. The zero-order chi connectivity index (χ0) is 12.8. The van der Waals surface area contributed by atoms with Gasteiger partial charge in [0.2, 0.25) is 0 Å². The Morgan fingerprint density at radius 2 is 1.82 bits per heavy atom. The molecule has 0 radical (unpaired) electrons. The van der Waals surface area contributed by atoms with Crippen LogP contribution in [0.3, 0.4) is 0 Å². The maximum atomic E-state index is 11.0. The second-order valence-corrected chi connectivity index (χ2v) is 4.65. The molecular formula is C14H21NO2. The molecule has 17 heavy (non-hydrogen) atoms. The number of aliphatic carboxylic acids is 1. The Bertz CT molecular complexity index is 368. The summed E-state index contributed by atoms with van der Waals surface area (Å²) in [5, 5.41) is 9.04. The van der Waals surface area contributed by atoms with E-state index in [1.807, 2.05) is 0 Å². The third kappa shape index (κ3) is 4.57. The predicted molar refractivity (Wildman–Crippen MR) is 69.0 cm³/mol. The minimum Gasteiger partial charge on any atom is -0.481 e. The molecule has 3 heteroatoms. The average Bonchev–Trinajstić information content (AvgIpc) is 2.22. The number of carbonyl (C=O) groups is 1. The van der Waals surface area contributed by atoms with Crippen LogP contribution in [0, 0.1) is 19.8 Å². The van der Waals surface area contributed by atoms with Gasteiger partial charge in [-0.1, -0.05) is 29.3 Å². The topological polar surface area (TPSA) is 63.3 Å². The van der Waals surface area contributed by atoms with E-state index < -0.39 is 5.97 Å². The fraction of sp³-hybridized carbons (Fsp3) is 0.500. The first-order valence-corrected chi connectivity index (χ1v) is 6.03. The molecule has 1 aromatic carbocycles. The third-order valence-corrected chi connectivity index (χ3v) is 2.93. The van der Waals surface area contributed by atoms with Crippen molar-refractivity contribution in [3.63, 3.8) is 0 Å². The van der Waals surface area contributed by atoms with E-state index in [-0.39, 0.29) is 5.92 Å². The highest BCUT2D eigenvalue weighted by molar-refractivity contribution is 5.69. The number of benzene rings is 1. The number of hydrogen-bond donors (Lipinski definition) is 2. The Labute approximate surface area is 103 Å². The predicted octanol–water partition coefficient (Wildman–Crippen LogP) is 2.29. The second-order valence-electron chi connectivity index (χ2n) is 4.65. The number of carboxylic acid groups (broad SMARTS) is 1. The van der Waals surface area contributed by atoms with Crippen molar-refractivity contribution < 1.29 is 9.90 Å². The summed E-state index contributed by atoms with van der Waals surface area (Å²) in [6.45, 7) is 4.56. The Morgan fingerprint density at radius 1 is 1.24 bits per heavy atom. The Hall–Kier alpha value is -1.35. The summed E-state index contributed by atoms with van der Waals surface area (Å²) in [6, 6.07) is 6.36. The zero-order valence-corrected chi connectivity index (χ0v) is 10.6. The van der Waals surface area contributed by atoms with E-state index in [4.69, 9.17) is 10.8 Å². The van der Waals surface area contributed by atoms with Gasteiger partial charge >= 0.3 is 5.97 Å². The van der Waals surface area contributed by atoms with Crippen molar-refractivity contribution in [3.8, 4) is 0 Å². The number of carboxylic acids is 1. The van der Waals surface area contributed by atoms with Crippen molar-refractivity contribution >= 4 is 5.97 Å². The van der Waals surface area contributed by atoms with Crippen LogP contribution >= 0.6 is 0 Å². The molecule has 94 valence electrons. The fourth-order valence-corrected chi connectivity index (χ4v) is 2.15. The molecule has 1 unspecified atom stereocenters. The number of nitrogens with two attached hydrogens (primary N) is 1. The normalized spacial score (nSPS) is 12.4. The van der Waals surface area contributed by atoms with Crippen LogP contribution in [0.1, 0.15) is 29.5 Å². The lowest BCUT2D eigenvalue weighted by molar-refractivity contribution is -0.142. The van der Waals surface area contributed by atoms with Crippen molar-refractivity contribution in [1.82, 2.24) is 0 Å². The van der Waals surface area contributed by atoms with E-state index in [2.05, 4.69) is 32.0 Å². The van der Waals surface area contributed by atoms with Gasteiger partial charge in [0.1, 0.15) is 0 Å². The first-order chi connectivity index (χ1) is 8.02. The molecule has 3 N–H and O–H groups in total. The number of hydrogen-bond acceptors (Lipinski definition) is 2. The van der Waals surface area contributed by atoms with Gasteiger partial charge in [-0.3, -0.25) is 4.79 Å². The van der Waals surface area contributed by atoms with E-state index in [0.29, 0.717) is 19.4 Å². The molecule has 1 rings (SSSR count). The van der Waals surface area contributed by atoms with E-state index in [1.54, 1.807) is 0 Å². The maximum absolute atomic E-state index is 11.0. The molecule has 0 amide bonds. The van der Waals surface area contributed by atoms with Gasteiger partial charge in [-0.25, -0.2) is 0 Å². The van der Waals surface area contributed by atoms with Crippen molar-refractivity contribution in [1.29, 1.82) is 0 Å². The van der Waals surface area contributed by atoms with Gasteiger partial charge in [0, 0.05) is 0 Å². The Balaban J connectivity index is 2.61. The van der Waals surface area contributed by atoms with Crippen LogP contribution in [0.5, 0.6) is 0 Å². The minimum atomic E-state index is -0.736. The summed E-state index contributed by atoms with van der Waals surface area (Å²) in [7, 11) is 0. The lowest BCUT2D eigenvalue weighted by atomic mass is 9.95. The zero-order valence-electron chi connectivity index (χ0n) is 10.6. The highest BCUT2D eigenvalue weighted by Gasteiger charge is 2.16. The molecule has 0 aliphatic heterocycles. The molecule has 0 aromatic heterocycles. The lowest BCUT2D eigenvalue weighted by Gasteiger charge is -2.11. The van der Waals surface area contributed by atoms with E-state index in [1.165, 1.54) is 16.7 Å². The van der Waals surface area contributed by atoms with Gasteiger partial charge < -0.3 is 10.8 Å². The Kier molecular flexibility index (Phi) is 5.16. The number of rotatable bonds is 6. The van der Waals surface area contributed by atoms with Gasteiger partial charge in [0.15, 0.2) is 0 Å². The summed E-state index contributed by atoms with van der Waals surface area (Å²) < 4.78 is 0. The monoisotopic (exact) mass is 235 g/mol. The summed E-state index contributed by atoms with van der Waals surface area (Å²) in [5.41, 5.74) is 9.09. The summed E-state index contributed by atoms with van der Waals surface area (Å²) in [4.78, 5) is 11.0. The SMILES string of the molecule is Cc1cc(C)cc(CCC(CCN)C(=O)O)c1. The van der Waals surface area contributed by atoms with Gasteiger partial charge in [-0.2, -0.15) is 0 Å². The van der Waals surface area contributed by atoms with Crippen molar-refractivity contribution in [2.75, 3.05) is 6.54 Å². The number of aryl methyl sites for hydroxylation is 3. The van der Waals surface area contributed by atoms with Crippen molar-refractivity contribution in [2.24, 2.45) is 11.7 Å². The fourth-order valence-electron chi connectivity index (χ4n) is 2.15. The van der Waals surface area contributed by atoms with Crippen LogP contribution in [-0.4, -0.2) is 17.6 Å². The van der Waals surface area contributed by atoms with Crippen LogP contribution in [0.4, 0.5) is 0 Å². The molecule has 1 aromatic rings. The maximum Gasteiger partial charge on any atom is 0.306 e. The van der Waals surface area contributed by atoms with Crippen molar-refractivity contribution in [3.05, 3.63) is 34.9 Å². The molecule has 1 atom stereocenters. The van der Waals surface area contributed by atoms with Crippen LogP contribution < -0.4 is 5.73 Å². The van der Waals surface area contributed by atoms with Gasteiger partial charge in [-0.05, 0) is 45.2 Å².